The number of hydrogen-bond acceptors (Lipinski definition) is 6. The second-order valence-corrected chi connectivity index (χ2v) is 7.64. The van der Waals surface area contributed by atoms with E-state index in [9.17, 15) is 19.7 Å². The molecular weight excluding hydrogens is 372 g/mol. The van der Waals surface area contributed by atoms with Gasteiger partial charge in [-0.1, -0.05) is 18.2 Å². The molecule has 1 aromatic carbocycles. The van der Waals surface area contributed by atoms with Crippen molar-refractivity contribution in [3.05, 3.63) is 70.6 Å². The van der Waals surface area contributed by atoms with Gasteiger partial charge in [0.25, 0.3) is 5.69 Å². The van der Waals surface area contributed by atoms with E-state index in [1.54, 1.807) is 18.3 Å². The number of nitrogens with one attached hydrogen (secondary N) is 1. The number of aromatic nitrogens is 1. The summed E-state index contributed by atoms with van der Waals surface area (Å²) in [4.78, 5) is 42.3. The van der Waals surface area contributed by atoms with Gasteiger partial charge in [0.05, 0.1) is 34.7 Å². The zero-order chi connectivity index (χ0) is 20.1. The lowest BCUT2D eigenvalue weighted by Crippen LogP contribution is -2.32. The van der Waals surface area contributed by atoms with Crippen molar-refractivity contribution >= 4 is 28.9 Å². The summed E-state index contributed by atoms with van der Waals surface area (Å²) < 4.78 is 0. The topological polar surface area (TPSA) is 105 Å². The Hall–Kier alpha value is -3.55. The maximum Gasteiger partial charge on any atom is 0.294 e. The summed E-state index contributed by atoms with van der Waals surface area (Å²) in [6, 6.07) is 9.87. The summed E-state index contributed by atoms with van der Waals surface area (Å²) in [6.07, 6.45) is 6.54. The van der Waals surface area contributed by atoms with Gasteiger partial charge in [0.2, 0.25) is 11.8 Å². The molecular formula is C21H18N4O4. The average molecular weight is 390 g/mol. The smallest absolute Gasteiger partial charge is 0.294 e. The maximum absolute atomic E-state index is 12.9. The van der Waals surface area contributed by atoms with Gasteiger partial charge in [-0.15, -0.1) is 0 Å². The molecule has 29 heavy (non-hydrogen) atoms. The first-order chi connectivity index (χ1) is 14.0. The van der Waals surface area contributed by atoms with E-state index in [1.165, 1.54) is 12.1 Å². The van der Waals surface area contributed by atoms with Crippen molar-refractivity contribution in [3.63, 3.8) is 0 Å². The summed E-state index contributed by atoms with van der Waals surface area (Å²) in [5.74, 6) is -0.973. The van der Waals surface area contributed by atoms with Crippen LogP contribution in [0, 0.1) is 33.8 Å². The fourth-order valence-electron chi connectivity index (χ4n) is 4.80. The SMILES string of the molecule is O=C1[C@@H]2[C@H](C(=O)N1c1ccc(NCc3ccccn3)c([N+](=O)[O-])c1)[C@H]1C=C[C@H]2C1. The molecule has 5 rings (SSSR count). The summed E-state index contributed by atoms with van der Waals surface area (Å²) in [6.45, 7) is 0.321. The van der Waals surface area contributed by atoms with Gasteiger partial charge < -0.3 is 5.32 Å². The van der Waals surface area contributed by atoms with Crippen molar-refractivity contribution in [2.24, 2.45) is 23.7 Å². The minimum atomic E-state index is -0.513. The van der Waals surface area contributed by atoms with Gasteiger partial charge >= 0.3 is 0 Å². The number of imide groups is 1. The number of anilines is 2. The molecule has 146 valence electrons. The standard InChI is InChI=1S/C21H18N4O4/c26-20-18-12-4-5-13(9-12)19(18)21(27)24(20)15-6-7-16(17(10-15)25(28)29)23-11-14-3-1-2-8-22-14/h1-8,10,12-13,18-19,23H,9,11H2/t12-,13-,18-,19+/m0/s1. The molecule has 1 saturated heterocycles. The third-order valence-electron chi connectivity index (χ3n) is 6.09. The van der Waals surface area contributed by atoms with Crippen molar-refractivity contribution in [3.8, 4) is 0 Å². The van der Waals surface area contributed by atoms with E-state index < -0.39 is 4.92 Å². The lowest BCUT2D eigenvalue weighted by Gasteiger charge is -2.18. The van der Waals surface area contributed by atoms with Gasteiger partial charge in [-0.2, -0.15) is 0 Å². The molecule has 1 aliphatic heterocycles. The summed E-state index contributed by atoms with van der Waals surface area (Å²) in [7, 11) is 0. The molecule has 2 bridgehead atoms. The van der Waals surface area contributed by atoms with Crippen molar-refractivity contribution < 1.29 is 14.5 Å². The van der Waals surface area contributed by atoms with Crippen molar-refractivity contribution in [1.29, 1.82) is 0 Å². The number of amides is 2. The zero-order valence-electron chi connectivity index (χ0n) is 15.4. The Morgan fingerprint density at radius 1 is 1.10 bits per heavy atom. The molecule has 3 aliphatic rings. The van der Waals surface area contributed by atoms with Crippen LogP contribution >= 0.6 is 0 Å². The van der Waals surface area contributed by atoms with Crippen LogP contribution in [0.4, 0.5) is 17.1 Å². The number of nitro benzene ring substituents is 1. The lowest BCUT2D eigenvalue weighted by atomic mass is 9.85. The third-order valence-corrected chi connectivity index (χ3v) is 6.09. The summed E-state index contributed by atoms with van der Waals surface area (Å²) >= 11 is 0. The van der Waals surface area contributed by atoms with Gasteiger partial charge in [-0.05, 0) is 42.5 Å². The number of rotatable bonds is 5. The largest absolute Gasteiger partial charge is 0.374 e. The quantitative estimate of drug-likeness (QED) is 0.364. The molecule has 0 spiro atoms. The van der Waals surface area contributed by atoms with Crippen LogP contribution in [0.1, 0.15) is 12.1 Å². The van der Waals surface area contributed by atoms with Gasteiger partial charge in [-0.25, -0.2) is 4.90 Å². The van der Waals surface area contributed by atoms with Gasteiger partial charge in [-0.3, -0.25) is 24.7 Å². The normalized spacial score (nSPS) is 26.8. The van der Waals surface area contributed by atoms with Crippen LogP contribution in [-0.2, 0) is 16.1 Å². The number of carbonyl (C=O) groups is 2. The fourth-order valence-corrected chi connectivity index (χ4v) is 4.80. The highest BCUT2D eigenvalue weighted by atomic mass is 16.6. The summed E-state index contributed by atoms with van der Waals surface area (Å²) in [5.41, 5.74) is 1.12. The minimum Gasteiger partial charge on any atom is -0.374 e. The van der Waals surface area contributed by atoms with E-state index in [4.69, 9.17) is 0 Å². The molecule has 1 saturated carbocycles. The van der Waals surface area contributed by atoms with Crippen LogP contribution in [0.15, 0.2) is 54.7 Å². The number of nitrogens with zero attached hydrogens (tertiary/aromatic N) is 3. The molecule has 2 fully saturated rings. The van der Waals surface area contributed by atoms with Crippen LogP contribution in [0.3, 0.4) is 0 Å². The minimum absolute atomic E-state index is 0.0979. The predicted octanol–water partition coefficient (Wildman–Crippen LogP) is 2.91. The predicted molar refractivity (Wildman–Crippen MR) is 105 cm³/mol. The van der Waals surface area contributed by atoms with Gasteiger partial charge in [0.1, 0.15) is 5.69 Å². The van der Waals surface area contributed by atoms with Crippen LogP contribution in [0.25, 0.3) is 0 Å². The molecule has 2 aromatic rings. The van der Waals surface area contributed by atoms with Crippen LogP contribution in [-0.4, -0.2) is 21.7 Å². The molecule has 2 amide bonds. The molecule has 1 aromatic heterocycles. The summed E-state index contributed by atoms with van der Waals surface area (Å²) in [5, 5.41) is 14.6. The van der Waals surface area contributed by atoms with E-state index in [0.717, 1.165) is 17.0 Å². The van der Waals surface area contributed by atoms with Crippen molar-refractivity contribution in [1.82, 2.24) is 4.98 Å². The monoisotopic (exact) mass is 390 g/mol. The molecule has 2 aliphatic carbocycles. The molecule has 1 N–H and O–H groups in total. The number of nitro groups is 1. The molecule has 0 radical (unpaired) electrons. The number of fused-ring (bicyclic) bond motifs is 5. The van der Waals surface area contributed by atoms with Crippen LogP contribution in [0.5, 0.6) is 0 Å². The second kappa shape index (κ2) is 6.51. The zero-order valence-corrected chi connectivity index (χ0v) is 15.4. The Bertz CT molecular complexity index is 1020. The first-order valence-electron chi connectivity index (χ1n) is 9.53. The Kier molecular flexibility index (Phi) is 3.94. The highest BCUT2D eigenvalue weighted by molar-refractivity contribution is 6.23. The Morgan fingerprint density at radius 3 is 2.45 bits per heavy atom. The molecule has 8 heteroatoms. The lowest BCUT2D eigenvalue weighted by molar-refractivity contribution is -0.383. The van der Waals surface area contributed by atoms with Crippen molar-refractivity contribution in [2.75, 3.05) is 10.2 Å². The Balaban J connectivity index is 1.43. The van der Waals surface area contributed by atoms with E-state index in [1.807, 2.05) is 24.3 Å². The van der Waals surface area contributed by atoms with E-state index >= 15 is 0 Å². The highest BCUT2D eigenvalue weighted by Crippen LogP contribution is 2.53. The van der Waals surface area contributed by atoms with Crippen LogP contribution < -0.4 is 10.2 Å². The number of pyridine rings is 1. The molecule has 2 heterocycles. The third kappa shape index (κ3) is 2.71. The number of carbonyl (C=O) groups excluding carboxylic acids is 2. The van der Waals surface area contributed by atoms with E-state index in [0.29, 0.717) is 12.2 Å². The average Bonchev–Trinajstić information content (AvgIpc) is 3.41. The maximum atomic E-state index is 12.9. The van der Waals surface area contributed by atoms with Crippen molar-refractivity contribution in [2.45, 2.75) is 13.0 Å². The number of hydrogen-bond donors (Lipinski definition) is 1. The Labute approximate surface area is 166 Å². The van der Waals surface area contributed by atoms with Gasteiger partial charge in [0, 0.05) is 12.3 Å². The first kappa shape index (κ1) is 17.5. The van der Waals surface area contributed by atoms with E-state index in [2.05, 4.69) is 10.3 Å². The molecule has 8 nitrogen and oxygen atoms in total. The molecule has 4 atom stereocenters. The highest BCUT2D eigenvalue weighted by Gasteiger charge is 2.59. The fraction of sp³-hybridized carbons (Fsp3) is 0.286. The van der Waals surface area contributed by atoms with E-state index in [-0.39, 0.29) is 46.9 Å². The number of allylic oxidation sites excluding steroid dienone is 2. The Morgan fingerprint density at radius 2 is 1.83 bits per heavy atom. The number of benzene rings is 1. The second-order valence-electron chi connectivity index (χ2n) is 7.64. The van der Waals surface area contributed by atoms with Crippen LogP contribution in [0.2, 0.25) is 0 Å². The van der Waals surface area contributed by atoms with Gasteiger partial charge in [0.15, 0.2) is 0 Å². The first-order valence-corrected chi connectivity index (χ1v) is 9.53. The molecule has 0 unspecified atom stereocenters.